The van der Waals surface area contributed by atoms with E-state index >= 15 is 0 Å². The predicted octanol–water partition coefficient (Wildman–Crippen LogP) is 1.33. The Balaban J connectivity index is 3.97. The van der Waals surface area contributed by atoms with Crippen LogP contribution in [0.4, 0.5) is 0 Å². The van der Waals surface area contributed by atoms with Crippen LogP contribution in [0.25, 0.3) is 0 Å². The van der Waals surface area contributed by atoms with E-state index in [2.05, 4.69) is 11.6 Å². The number of rotatable bonds is 9. The van der Waals surface area contributed by atoms with Crippen molar-refractivity contribution in [3.05, 3.63) is 0 Å². The van der Waals surface area contributed by atoms with Crippen molar-refractivity contribution in [2.45, 2.75) is 40.0 Å². The molecule has 0 rings (SSSR count). The molecule has 4 nitrogen and oxygen atoms in total. The van der Waals surface area contributed by atoms with Gasteiger partial charge < -0.3 is 5.73 Å². The molecule has 16 heavy (non-hydrogen) atoms. The summed E-state index contributed by atoms with van der Waals surface area (Å²) in [6.07, 6.45) is 2.55. The molecule has 0 aliphatic carbocycles. The second-order valence-electron chi connectivity index (χ2n) is 4.70. The normalized spacial score (nSPS) is 14.3. The van der Waals surface area contributed by atoms with Crippen molar-refractivity contribution in [1.82, 2.24) is 4.72 Å². The van der Waals surface area contributed by atoms with Crippen LogP contribution in [0, 0.1) is 11.8 Å². The van der Waals surface area contributed by atoms with Crippen molar-refractivity contribution >= 4 is 10.0 Å². The second-order valence-corrected chi connectivity index (χ2v) is 6.63. The molecule has 0 amide bonds. The van der Waals surface area contributed by atoms with Crippen LogP contribution in [0.2, 0.25) is 0 Å². The summed E-state index contributed by atoms with van der Waals surface area (Å²) in [6.45, 7) is 7.25. The molecule has 0 bridgehead atoms. The summed E-state index contributed by atoms with van der Waals surface area (Å²) in [7, 11) is -3.09. The SMILES string of the molecule is CCC(CCN)CNS(=O)(=O)CCC(C)C. The highest BCUT2D eigenvalue weighted by atomic mass is 32.2. The molecule has 0 aromatic carbocycles. The fourth-order valence-corrected chi connectivity index (χ4v) is 2.81. The zero-order valence-corrected chi connectivity index (χ0v) is 11.5. The Morgan fingerprint density at radius 3 is 2.31 bits per heavy atom. The first-order chi connectivity index (χ1) is 7.41. The van der Waals surface area contributed by atoms with Crippen molar-refractivity contribution in [3.63, 3.8) is 0 Å². The molecule has 1 unspecified atom stereocenters. The van der Waals surface area contributed by atoms with Gasteiger partial charge in [-0.25, -0.2) is 13.1 Å². The molecule has 0 aliphatic rings. The smallest absolute Gasteiger partial charge is 0.211 e. The predicted molar refractivity (Wildman–Crippen MR) is 68.7 cm³/mol. The Morgan fingerprint density at radius 1 is 1.25 bits per heavy atom. The number of hydrogen-bond donors (Lipinski definition) is 2. The zero-order chi connectivity index (χ0) is 12.6. The molecule has 0 heterocycles. The third-order valence-corrected chi connectivity index (χ3v) is 4.09. The Morgan fingerprint density at radius 2 is 1.88 bits per heavy atom. The third-order valence-electron chi connectivity index (χ3n) is 2.71. The van der Waals surface area contributed by atoms with Gasteiger partial charge in [-0.1, -0.05) is 27.2 Å². The van der Waals surface area contributed by atoms with E-state index in [1.165, 1.54) is 0 Å². The maximum Gasteiger partial charge on any atom is 0.211 e. The minimum atomic E-state index is -3.09. The monoisotopic (exact) mass is 250 g/mol. The highest BCUT2D eigenvalue weighted by Gasteiger charge is 2.13. The van der Waals surface area contributed by atoms with E-state index in [-0.39, 0.29) is 5.75 Å². The van der Waals surface area contributed by atoms with Crippen molar-refractivity contribution in [2.24, 2.45) is 17.6 Å². The van der Waals surface area contributed by atoms with Crippen molar-refractivity contribution in [2.75, 3.05) is 18.8 Å². The van der Waals surface area contributed by atoms with Crippen LogP contribution >= 0.6 is 0 Å². The molecular weight excluding hydrogens is 224 g/mol. The molecule has 0 saturated carbocycles. The van der Waals surface area contributed by atoms with E-state index in [0.717, 1.165) is 12.8 Å². The van der Waals surface area contributed by atoms with Gasteiger partial charge in [0.2, 0.25) is 10.0 Å². The first-order valence-electron chi connectivity index (χ1n) is 6.08. The van der Waals surface area contributed by atoms with Crippen LogP contribution in [-0.2, 0) is 10.0 Å². The van der Waals surface area contributed by atoms with Gasteiger partial charge in [0.25, 0.3) is 0 Å². The van der Waals surface area contributed by atoms with Gasteiger partial charge in [-0.2, -0.15) is 0 Å². The number of hydrogen-bond acceptors (Lipinski definition) is 3. The zero-order valence-electron chi connectivity index (χ0n) is 10.7. The lowest BCUT2D eigenvalue weighted by Gasteiger charge is -2.15. The Kier molecular flexibility index (Phi) is 7.97. The minimum absolute atomic E-state index is 0.226. The van der Waals surface area contributed by atoms with Crippen LogP contribution in [-0.4, -0.2) is 27.3 Å². The fraction of sp³-hybridized carbons (Fsp3) is 1.00. The summed E-state index contributed by atoms with van der Waals surface area (Å²) in [4.78, 5) is 0. The van der Waals surface area contributed by atoms with E-state index in [1.807, 2.05) is 13.8 Å². The first-order valence-corrected chi connectivity index (χ1v) is 7.74. The molecule has 0 radical (unpaired) electrons. The van der Waals surface area contributed by atoms with Crippen molar-refractivity contribution < 1.29 is 8.42 Å². The summed E-state index contributed by atoms with van der Waals surface area (Å²) < 4.78 is 25.9. The molecule has 0 saturated heterocycles. The molecule has 3 N–H and O–H groups in total. The van der Waals surface area contributed by atoms with Gasteiger partial charge in [0.1, 0.15) is 0 Å². The van der Waals surface area contributed by atoms with Crippen LogP contribution in [0.15, 0.2) is 0 Å². The largest absolute Gasteiger partial charge is 0.330 e. The van der Waals surface area contributed by atoms with Gasteiger partial charge in [0.05, 0.1) is 5.75 Å². The third kappa shape index (κ3) is 8.07. The van der Waals surface area contributed by atoms with Gasteiger partial charge in [-0.3, -0.25) is 0 Å². The van der Waals surface area contributed by atoms with Crippen LogP contribution in [0.3, 0.4) is 0 Å². The summed E-state index contributed by atoms with van der Waals surface area (Å²) in [5.41, 5.74) is 5.47. The Bertz CT molecular complexity index is 263. The molecule has 0 aliphatic heterocycles. The highest BCUT2D eigenvalue weighted by Crippen LogP contribution is 2.07. The van der Waals surface area contributed by atoms with E-state index in [9.17, 15) is 8.42 Å². The summed E-state index contributed by atoms with van der Waals surface area (Å²) in [6, 6.07) is 0. The fourth-order valence-electron chi connectivity index (χ4n) is 1.39. The van der Waals surface area contributed by atoms with Gasteiger partial charge in [-0.15, -0.1) is 0 Å². The first kappa shape index (κ1) is 15.9. The maximum absolute atomic E-state index is 11.6. The highest BCUT2D eigenvalue weighted by molar-refractivity contribution is 7.89. The quantitative estimate of drug-likeness (QED) is 0.648. The molecule has 1 atom stereocenters. The standard InChI is InChI=1S/C11H26N2O2S/c1-4-11(5-7-12)9-13-16(14,15)8-6-10(2)3/h10-11,13H,4-9,12H2,1-3H3. The van der Waals surface area contributed by atoms with Gasteiger partial charge in [-0.05, 0) is 31.2 Å². The molecule has 0 aromatic heterocycles. The van der Waals surface area contributed by atoms with E-state index in [4.69, 9.17) is 5.73 Å². The van der Waals surface area contributed by atoms with E-state index < -0.39 is 10.0 Å². The molecule has 0 aromatic rings. The summed E-state index contributed by atoms with van der Waals surface area (Å²) >= 11 is 0. The number of nitrogens with one attached hydrogen (secondary N) is 1. The van der Waals surface area contributed by atoms with Crippen LogP contribution in [0.5, 0.6) is 0 Å². The lowest BCUT2D eigenvalue weighted by atomic mass is 10.0. The average molecular weight is 250 g/mol. The van der Waals surface area contributed by atoms with Gasteiger partial charge in [0.15, 0.2) is 0 Å². The number of nitrogens with two attached hydrogens (primary N) is 1. The lowest BCUT2D eigenvalue weighted by Crippen LogP contribution is -2.32. The van der Waals surface area contributed by atoms with Crippen LogP contribution < -0.4 is 10.5 Å². The molecule has 0 spiro atoms. The summed E-state index contributed by atoms with van der Waals surface area (Å²) in [5, 5.41) is 0. The lowest BCUT2D eigenvalue weighted by molar-refractivity contribution is 0.464. The molecular formula is C11H26N2O2S. The molecule has 98 valence electrons. The van der Waals surface area contributed by atoms with Gasteiger partial charge >= 0.3 is 0 Å². The summed E-state index contributed by atoms with van der Waals surface area (Å²) in [5.74, 6) is 1.01. The van der Waals surface area contributed by atoms with Crippen molar-refractivity contribution in [3.8, 4) is 0 Å². The number of sulfonamides is 1. The van der Waals surface area contributed by atoms with Gasteiger partial charge in [0, 0.05) is 6.54 Å². The topological polar surface area (TPSA) is 72.2 Å². The second kappa shape index (κ2) is 8.03. The van der Waals surface area contributed by atoms with Crippen molar-refractivity contribution in [1.29, 1.82) is 0 Å². The van der Waals surface area contributed by atoms with E-state index in [1.54, 1.807) is 0 Å². The minimum Gasteiger partial charge on any atom is -0.330 e. The average Bonchev–Trinajstić information content (AvgIpc) is 2.21. The Labute approximate surface area is 100 Å². The Hall–Kier alpha value is -0.130. The molecule has 5 heteroatoms. The van der Waals surface area contributed by atoms with Crippen LogP contribution in [0.1, 0.15) is 40.0 Å². The molecule has 0 fully saturated rings. The maximum atomic E-state index is 11.6. The van der Waals surface area contributed by atoms with E-state index in [0.29, 0.717) is 31.3 Å².